The lowest BCUT2D eigenvalue weighted by molar-refractivity contribution is -0.139. The summed E-state index contributed by atoms with van der Waals surface area (Å²) in [5.41, 5.74) is 6.68. The summed E-state index contributed by atoms with van der Waals surface area (Å²) in [7, 11) is 0. The van der Waals surface area contributed by atoms with E-state index in [0.29, 0.717) is 16.3 Å². The van der Waals surface area contributed by atoms with Gasteiger partial charge >= 0.3 is 5.97 Å². The van der Waals surface area contributed by atoms with Gasteiger partial charge in [-0.05, 0) is 32.0 Å². The first-order valence-electron chi connectivity index (χ1n) is 7.93. The van der Waals surface area contributed by atoms with Gasteiger partial charge in [-0.2, -0.15) is 5.26 Å². The summed E-state index contributed by atoms with van der Waals surface area (Å²) in [5, 5.41) is 10.0. The van der Waals surface area contributed by atoms with E-state index in [9.17, 15) is 10.1 Å². The topological polar surface area (TPSA) is 94.6 Å². The second kappa shape index (κ2) is 8.45. The summed E-state index contributed by atoms with van der Waals surface area (Å²) in [5.74, 6) is -0.759. The van der Waals surface area contributed by atoms with Gasteiger partial charge in [0.25, 0.3) is 0 Å². The fourth-order valence-electron chi connectivity index (χ4n) is 2.69. The molecule has 1 aromatic rings. The van der Waals surface area contributed by atoms with Crippen LogP contribution in [0.4, 0.5) is 0 Å². The summed E-state index contributed by atoms with van der Waals surface area (Å²) in [6.45, 7) is 7.33. The van der Waals surface area contributed by atoms with Crippen LogP contribution in [0, 0.1) is 11.3 Å². The minimum absolute atomic E-state index is 0.0716. The Balaban J connectivity index is 2.69. The molecule has 0 bridgehead atoms. The van der Waals surface area contributed by atoms with E-state index < -0.39 is 11.9 Å². The second-order valence-corrected chi connectivity index (χ2v) is 5.83. The number of nitriles is 1. The molecule has 0 radical (unpaired) electrons. The Morgan fingerprint density at radius 2 is 2.27 bits per heavy atom. The van der Waals surface area contributed by atoms with Crippen LogP contribution in [0.1, 0.15) is 25.3 Å². The fraction of sp³-hybridized carbons (Fsp3) is 0.263. The predicted molar refractivity (Wildman–Crippen MR) is 97.1 cm³/mol. The first-order chi connectivity index (χ1) is 12.4. The molecule has 0 amide bonds. The molecular weight excluding hydrogens is 356 g/mol. The third-order valence-electron chi connectivity index (χ3n) is 3.74. The zero-order valence-corrected chi connectivity index (χ0v) is 15.3. The van der Waals surface area contributed by atoms with Crippen LogP contribution in [-0.2, 0) is 14.3 Å². The summed E-state index contributed by atoms with van der Waals surface area (Å²) in [4.78, 5) is 12.5. The average molecular weight is 375 g/mol. The Morgan fingerprint density at radius 3 is 2.88 bits per heavy atom. The van der Waals surface area contributed by atoms with Gasteiger partial charge in [-0.1, -0.05) is 24.3 Å². The van der Waals surface area contributed by atoms with Gasteiger partial charge in [0.2, 0.25) is 5.88 Å². The van der Waals surface area contributed by atoms with Crippen molar-refractivity contribution in [1.82, 2.24) is 0 Å². The number of nitrogens with two attached hydrogens (primary N) is 1. The summed E-state index contributed by atoms with van der Waals surface area (Å²) < 4.78 is 16.2. The lowest BCUT2D eigenvalue weighted by atomic mass is 9.82. The number of nitrogens with zero attached hydrogens (tertiary/aromatic N) is 1. The number of ether oxygens (including phenoxy) is 3. The molecule has 1 aliphatic rings. The van der Waals surface area contributed by atoms with Crippen LogP contribution < -0.4 is 10.5 Å². The van der Waals surface area contributed by atoms with Crippen LogP contribution in [0.3, 0.4) is 0 Å². The van der Waals surface area contributed by atoms with E-state index in [2.05, 4.69) is 6.58 Å². The van der Waals surface area contributed by atoms with Crippen LogP contribution in [0.2, 0.25) is 5.02 Å². The monoisotopic (exact) mass is 374 g/mol. The number of esters is 1. The number of carbonyl (C=O) groups excluding carboxylic acids is 1. The fourth-order valence-corrected chi connectivity index (χ4v) is 2.87. The van der Waals surface area contributed by atoms with E-state index in [1.165, 1.54) is 0 Å². The van der Waals surface area contributed by atoms with Gasteiger partial charge in [-0.15, -0.1) is 0 Å². The molecular formula is C19H19ClN2O4. The van der Waals surface area contributed by atoms with Crippen LogP contribution in [-0.4, -0.2) is 19.2 Å². The SMILES string of the molecule is C=CCOc1ccc(Cl)cc1C1C(C#N)=C(N)OC(C)=C1C(=O)OCC. The van der Waals surface area contributed by atoms with E-state index >= 15 is 0 Å². The maximum absolute atomic E-state index is 12.5. The number of hydrogen-bond acceptors (Lipinski definition) is 6. The highest BCUT2D eigenvalue weighted by atomic mass is 35.5. The molecule has 1 atom stereocenters. The molecule has 0 saturated heterocycles. The smallest absolute Gasteiger partial charge is 0.338 e. The lowest BCUT2D eigenvalue weighted by Gasteiger charge is -2.28. The zero-order chi connectivity index (χ0) is 19.3. The molecule has 1 heterocycles. The van der Waals surface area contributed by atoms with E-state index in [1.54, 1.807) is 38.1 Å². The number of carbonyl (C=O) groups is 1. The Bertz CT molecular complexity index is 836. The molecule has 1 aromatic carbocycles. The Labute approximate surface area is 157 Å². The van der Waals surface area contributed by atoms with Crippen LogP contribution >= 0.6 is 11.6 Å². The lowest BCUT2D eigenvalue weighted by Crippen LogP contribution is -2.26. The van der Waals surface area contributed by atoms with Crippen molar-refractivity contribution in [2.75, 3.05) is 13.2 Å². The Morgan fingerprint density at radius 1 is 1.54 bits per heavy atom. The van der Waals surface area contributed by atoms with Crippen LogP contribution in [0.5, 0.6) is 5.75 Å². The molecule has 2 N–H and O–H groups in total. The van der Waals surface area contributed by atoms with Gasteiger partial charge in [0.15, 0.2) is 0 Å². The van der Waals surface area contributed by atoms with Crippen molar-refractivity contribution < 1.29 is 19.0 Å². The van der Waals surface area contributed by atoms with Gasteiger partial charge in [0, 0.05) is 10.6 Å². The number of benzene rings is 1. The van der Waals surface area contributed by atoms with E-state index in [1.807, 2.05) is 6.07 Å². The van der Waals surface area contributed by atoms with Crippen LogP contribution in [0.25, 0.3) is 0 Å². The Hall–Kier alpha value is -2.91. The zero-order valence-electron chi connectivity index (χ0n) is 14.5. The van der Waals surface area contributed by atoms with Gasteiger partial charge in [-0.25, -0.2) is 4.79 Å². The van der Waals surface area contributed by atoms with Gasteiger partial charge in [0.1, 0.15) is 29.8 Å². The highest BCUT2D eigenvalue weighted by Gasteiger charge is 2.38. The van der Waals surface area contributed by atoms with Crippen molar-refractivity contribution in [3.8, 4) is 11.8 Å². The van der Waals surface area contributed by atoms with Crippen molar-refractivity contribution in [2.45, 2.75) is 19.8 Å². The standard InChI is InChI=1S/C19H19ClN2O4/c1-4-8-25-15-7-6-12(20)9-13(15)17-14(10-21)18(22)26-11(3)16(17)19(23)24-5-2/h4,6-7,9,17H,1,5,8,22H2,2-3H3. The van der Waals surface area contributed by atoms with Crippen LogP contribution in [0.15, 0.2) is 53.6 Å². The second-order valence-electron chi connectivity index (χ2n) is 5.40. The molecule has 1 aliphatic heterocycles. The number of hydrogen-bond donors (Lipinski definition) is 1. The van der Waals surface area contributed by atoms with E-state index in [4.69, 9.17) is 31.5 Å². The predicted octanol–water partition coefficient (Wildman–Crippen LogP) is 3.55. The highest BCUT2D eigenvalue weighted by Crippen LogP contribution is 2.43. The van der Waals surface area contributed by atoms with Gasteiger partial charge in [-0.3, -0.25) is 0 Å². The summed E-state index contributed by atoms with van der Waals surface area (Å²) in [6, 6.07) is 6.98. The number of rotatable bonds is 6. The first kappa shape index (κ1) is 19.4. The molecule has 136 valence electrons. The highest BCUT2D eigenvalue weighted by molar-refractivity contribution is 6.30. The number of allylic oxidation sites excluding steroid dienone is 2. The molecule has 0 spiro atoms. The first-order valence-corrected chi connectivity index (χ1v) is 8.30. The minimum atomic E-state index is -0.814. The third-order valence-corrected chi connectivity index (χ3v) is 3.98. The molecule has 7 heteroatoms. The molecule has 26 heavy (non-hydrogen) atoms. The molecule has 6 nitrogen and oxygen atoms in total. The average Bonchev–Trinajstić information content (AvgIpc) is 2.60. The van der Waals surface area contributed by atoms with Gasteiger partial charge < -0.3 is 19.9 Å². The quantitative estimate of drug-likeness (QED) is 0.604. The van der Waals surface area contributed by atoms with E-state index in [-0.39, 0.29) is 36.0 Å². The molecule has 0 aliphatic carbocycles. The van der Waals surface area contributed by atoms with Gasteiger partial charge in [0.05, 0.1) is 18.1 Å². The summed E-state index contributed by atoms with van der Waals surface area (Å²) >= 11 is 6.15. The van der Waals surface area contributed by atoms with E-state index in [0.717, 1.165) is 0 Å². The Kier molecular flexibility index (Phi) is 6.31. The summed E-state index contributed by atoms with van der Waals surface area (Å²) in [6.07, 6.45) is 1.59. The largest absolute Gasteiger partial charge is 0.489 e. The molecule has 2 rings (SSSR count). The van der Waals surface area contributed by atoms with Crippen molar-refractivity contribution in [3.05, 3.63) is 64.2 Å². The van der Waals surface area contributed by atoms with Crippen molar-refractivity contribution in [1.29, 1.82) is 5.26 Å². The minimum Gasteiger partial charge on any atom is -0.489 e. The maximum Gasteiger partial charge on any atom is 0.338 e. The van der Waals surface area contributed by atoms with Crippen molar-refractivity contribution in [2.24, 2.45) is 5.73 Å². The third kappa shape index (κ3) is 3.84. The maximum atomic E-state index is 12.5. The molecule has 0 aromatic heterocycles. The number of halogens is 1. The molecule has 0 saturated carbocycles. The molecule has 0 fully saturated rings. The van der Waals surface area contributed by atoms with Crippen molar-refractivity contribution in [3.63, 3.8) is 0 Å². The normalized spacial score (nSPS) is 16.6. The molecule has 1 unspecified atom stereocenters. The van der Waals surface area contributed by atoms with Crippen molar-refractivity contribution >= 4 is 17.6 Å².